The third-order valence-electron chi connectivity index (χ3n) is 3.63. The van der Waals surface area contributed by atoms with Crippen LogP contribution in [0, 0.1) is 0 Å². The summed E-state index contributed by atoms with van der Waals surface area (Å²) < 4.78 is 5.68. The number of benzene rings is 2. The number of aliphatic hydroxyl groups is 1. The van der Waals surface area contributed by atoms with Crippen molar-refractivity contribution in [3.63, 3.8) is 0 Å². The topological polar surface area (TPSA) is 58.6 Å². The predicted octanol–water partition coefficient (Wildman–Crippen LogP) is 2.85. The molecule has 0 saturated carbocycles. The van der Waals surface area contributed by atoms with Crippen LogP contribution in [0.5, 0.6) is 5.75 Å². The second kappa shape index (κ2) is 9.85. The highest BCUT2D eigenvalue weighted by atomic mass is 16.5. The number of para-hydroxylation sites is 1. The Balaban J connectivity index is 1.95. The fourth-order valence-electron chi connectivity index (χ4n) is 2.39. The van der Waals surface area contributed by atoms with E-state index in [0.717, 1.165) is 18.5 Å². The molecule has 0 radical (unpaired) electrons. The van der Waals surface area contributed by atoms with Crippen molar-refractivity contribution in [2.75, 3.05) is 19.7 Å². The van der Waals surface area contributed by atoms with E-state index in [-0.39, 0.29) is 12.4 Å². The van der Waals surface area contributed by atoms with Gasteiger partial charge in [-0.25, -0.2) is 0 Å². The van der Waals surface area contributed by atoms with E-state index in [9.17, 15) is 9.90 Å². The van der Waals surface area contributed by atoms with Crippen LogP contribution in [-0.4, -0.2) is 36.7 Å². The van der Waals surface area contributed by atoms with E-state index >= 15 is 0 Å². The maximum Gasteiger partial charge on any atom is 0.170 e. The molecule has 2 N–H and O–H groups in total. The molecule has 0 aliphatic rings. The number of rotatable bonds is 10. The highest BCUT2D eigenvalue weighted by Crippen LogP contribution is 2.20. The van der Waals surface area contributed by atoms with Gasteiger partial charge in [0.2, 0.25) is 0 Å². The molecule has 0 aliphatic carbocycles. The molecule has 1 unspecified atom stereocenters. The number of nitrogens with one attached hydrogen (secondary N) is 1. The lowest BCUT2D eigenvalue weighted by molar-refractivity contribution is 0.0958. The third-order valence-corrected chi connectivity index (χ3v) is 3.63. The van der Waals surface area contributed by atoms with Crippen molar-refractivity contribution >= 4 is 5.78 Å². The SMILES string of the molecule is CCCNCC(O)COc1ccccc1C(=O)Cc1ccccc1. The lowest BCUT2D eigenvalue weighted by Crippen LogP contribution is -2.32. The summed E-state index contributed by atoms with van der Waals surface area (Å²) in [6.07, 6.45) is 0.750. The van der Waals surface area contributed by atoms with Gasteiger partial charge in [0, 0.05) is 13.0 Å². The Labute approximate surface area is 143 Å². The second-order valence-electron chi connectivity index (χ2n) is 5.75. The molecular weight excluding hydrogens is 302 g/mol. The van der Waals surface area contributed by atoms with Gasteiger partial charge in [0.15, 0.2) is 5.78 Å². The normalized spacial score (nSPS) is 11.9. The molecule has 0 amide bonds. The number of ketones is 1. The summed E-state index contributed by atoms with van der Waals surface area (Å²) in [4.78, 5) is 12.5. The van der Waals surface area contributed by atoms with Crippen LogP contribution in [0.2, 0.25) is 0 Å². The van der Waals surface area contributed by atoms with Crippen molar-refractivity contribution in [3.8, 4) is 5.75 Å². The van der Waals surface area contributed by atoms with Crippen LogP contribution < -0.4 is 10.1 Å². The smallest absolute Gasteiger partial charge is 0.170 e. The van der Waals surface area contributed by atoms with Crippen LogP contribution in [0.15, 0.2) is 54.6 Å². The number of aliphatic hydroxyl groups excluding tert-OH is 1. The lowest BCUT2D eigenvalue weighted by atomic mass is 10.0. The molecule has 4 nitrogen and oxygen atoms in total. The molecule has 128 valence electrons. The molecule has 2 rings (SSSR count). The number of hydrogen-bond donors (Lipinski definition) is 2. The fourth-order valence-corrected chi connectivity index (χ4v) is 2.39. The fraction of sp³-hybridized carbons (Fsp3) is 0.350. The largest absolute Gasteiger partial charge is 0.490 e. The minimum Gasteiger partial charge on any atom is -0.490 e. The number of carbonyl (C=O) groups excluding carboxylic acids is 1. The van der Waals surface area contributed by atoms with Gasteiger partial charge in [-0.2, -0.15) is 0 Å². The van der Waals surface area contributed by atoms with Crippen LogP contribution in [-0.2, 0) is 6.42 Å². The van der Waals surface area contributed by atoms with Crippen LogP contribution in [0.4, 0.5) is 0 Å². The molecule has 24 heavy (non-hydrogen) atoms. The first kappa shape index (κ1) is 18.2. The summed E-state index contributed by atoms with van der Waals surface area (Å²) in [5, 5.41) is 13.1. The van der Waals surface area contributed by atoms with Crippen LogP contribution in [0.25, 0.3) is 0 Å². The molecule has 4 heteroatoms. The van der Waals surface area contributed by atoms with Gasteiger partial charge in [0.05, 0.1) is 5.56 Å². The monoisotopic (exact) mass is 327 g/mol. The Bertz CT molecular complexity index is 628. The second-order valence-corrected chi connectivity index (χ2v) is 5.75. The quantitative estimate of drug-likeness (QED) is 0.520. The first-order valence-corrected chi connectivity index (χ1v) is 8.38. The predicted molar refractivity (Wildman–Crippen MR) is 95.6 cm³/mol. The standard InChI is InChI=1S/C20H25NO3/c1-2-12-21-14-17(22)15-24-20-11-7-6-10-18(20)19(23)13-16-8-4-3-5-9-16/h3-11,17,21-22H,2,12-15H2,1H3. The van der Waals surface area contributed by atoms with Crippen molar-refractivity contribution < 1.29 is 14.6 Å². The molecule has 0 aliphatic heterocycles. The highest BCUT2D eigenvalue weighted by molar-refractivity contribution is 5.99. The average molecular weight is 327 g/mol. The molecular formula is C20H25NO3. The molecule has 0 bridgehead atoms. The number of carbonyl (C=O) groups is 1. The van der Waals surface area contributed by atoms with Gasteiger partial charge in [-0.05, 0) is 30.7 Å². The first-order valence-electron chi connectivity index (χ1n) is 8.38. The zero-order valence-corrected chi connectivity index (χ0v) is 14.1. The minimum atomic E-state index is -0.603. The van der Waals surface area contributed by atoms with Gasteiger partial charge >= 0.3 is 0 Å². The highest BCUT2D eigenvalue weighted by Gasteiger charge is 2.14. The number of ether oxygens (including phenoxy) is 1. The van der Waals surface area contributed by atoms with Crippen molar-refractivity contribution in [3.05, 3.63) is 65.7 Å². The van der Waals surface area contributed by atoms with Gasteiger partial charge in [-0.3, -0.25) is 4.79 Å². The molecule has 0 heterocycles. The van der Waals surface area contributed by atoms with E-state index in [4.69, 9.17) is 4.74 Å². The zero-order chi connectivity index (χ0) is 17.2. The first-order chi connectivity index (χ1) is 11.7. The molecule has 2 aromatic carbocycles. The third kappa shape index (κ3) is 5.80. The zero-order valence-electron chi connectivity index (χ0n) is 14.1. The van der Waals surface area contributed by atoms with E-state index in [0.29, 0.717) is 24.3 Å². The molecule has 0 fully saturated rings. The molecule has 1 atom stereocenters. The molecule has 0 saturated heterocycles. The number of Topliss-reactive ketones (excluding diaryl/α,β-unsaturated/α-hetero) is 1. The lowest BCUT2D eigenvalue weighted by Gasteiger charge is -2.15. The van der Waals surface area contributed by atoms with Gasteiger partial charge in [0.25, 0.3) is 0 Å². The van der Waals surface area contributed by atoms with E-state index in [1.165, 1.54) is 0 Å². The Morgan fingerprint density at radius 1 is 1.12 bits per heavy atom. The van der Waals surface area contributed by atoms with Gasteiger partial charge in [-0.15, -0.1) is 0 Å². The maximum absolute atomic E-state index is 12.5. The summed E-state index contributed by atoms with van der Waals surface area (Å²) in [5.74, 6) is 0.531. The average Bonchev–Trinajstić information content (AvgIpc) is 2.61. The Hall–Kier alpha value is -2.17. The Morgan fingerprint density at radius 2 is 1.83 bits per heavy atom. The van der Waals surface area contributed by atoms with Crippen LogP contribution >= 0.6 is 0 Å². The molecule has 0 spiro atoms. The Kier molecular flexibility index (Phi) is 7.46. The van der Waals surface area contributed by atoms with E-state index in [1.54, 1.807) is 12.1 Å². The van der Waals surface area contributed by atoms with Crippen molar-refractivity contribution in [2.24, 2.45) is 0 Å². The number of hydrogen-bond acceptors (Lipinski definition) is 4. The molecule has 0 aromatic heterocycles. The summed E-state index contributed by atoms with van der Waals surface area (Å²) in [6.45, 7) is 3.58. The molecule has 2 aromatic rings. The van der Waals surface area contributed by atoms with Gasteiger partial charge in [0.1, 0.15) is 18.5 Å². The van der Waals surface area contributed by atoms with E-state index in [2.05, 4.69) is 12.2 Å². The Morgan fingerprint density at radius 3 is 2.58 bits per heavy atom. The van der Waals surface area contributed by atoms with E-state index in [1.807, 2.05) is 42.5 Å². The summed E-state index contributed by atoms with van der Waals surface area (Å²) in [5.41, 5.74) is 1.52. The maximum atomic E-state index is 12.5. The summed E-state index contributed by atoms with van der Waals surface area (Å²) >= 11 is 0. The van der Waals surface area contributed by atoms with Gasteiger partial charge < -0.3 is 15.2 Å². The van der Waals surface area contributed by atoms with Gasteiger partial charge in [-0.1, -0.05) is 49.4 Å². The van der Waals surface area contributed by atoms with Crippen molar-refractivity contribution in [1.82, 2.24) is 5.32 Å². The van der Waals surface area contributed by atoms with Crippen LogP contribution in [0.3, 0.4) is 0 Å². The van der Waals surface area contributed by atoms with Crippen LogP contribution in [0.1, 0.15) is 29.3 Å². The van der Waals surface area contributed by atoms with Crippen molar-refractivity contribution in [2.45, 2.75) is 25.9 Å². The summed E-state index contributed by atoms with van der Waals surface area (Å²) in [6, 6.07) is 16.8. The van der Waals surface area contributed by atoms with Crippen molar-refractivity contribution in [1.29, 1.82) is 0 Å². The van der Waals surface area contributed by atoms with E-state index < -0.39 is 6.10 Å². The minimum absolute atomic E-state index is 0.00963. The summed E-state index contributed by atoms with van der Waals surface area (Å²) in [7, 11) is 0.